The summed E-state index contributed by atoms with van der Waals surface area (Å²) >= 11 is 1.63. The van der Waals surface area contributed by atoms with Crippen molar-refractivity contribution in [3.63, 3.8) is 0 Å². The second kappa shape index (κ2) is 6.11. The minimum absolute atomic E-state index is 0.286. The fraction of sp³-hybridized carbons (Fsp3) is 0.0500. The molecule has 5 nitrogen and oxygen atoms in total. The molecule has 4 aromatic rings. The maximum atomic E-state index is 9.86. The molecule has 0 fully saturated rings. The van der Waals surface area contributed by atoms with Gasteiger partial charge in [0.05, 0.1) is 11.0 Å². The van der Waals surface area contributed by atoms with Crippen molar-refractivity contribution in [1.29, 1.82) is 10.5 Å². The number of nitrogens with zero attached hydrogens (tertiary/aromatic N) is 4. The van der Waals surface area contributed by atoms with Crippen molar-refractivity contribution < 1.29 is 0 Å². The summed E-state index contributed by atoms with van der Waals surface area (Å²) in [6.45, 7) is 0. The van der Waals surface area contributed by atoms with Crippen molar-refractivity contribution in [3.8, 4) is 23.3 Å². The van der Waals surface area contributed by atoms with Crippen LogP contribution >= 0.6 is 11.8 Å². The summed E-state index contributed by atoms with van der Waals surface area (Å²) in [6, 6.07) is 19.6. The number of pyridine rings is 1. The number of para-hydroxylation sites is 2. The highest BCUT2D eigenvalue weighted by Gasteiger charge is 2.22. The quantitative estimate of drug-likeness (QED) is 0.544. The Bertz CT molecular complexity index is 1240. The van der Waals surface area contributed by atoms with Crippen LogP contribution in [0.3, 0.4) is 0 Å². The van der Waals surface area contributed by atoms with Gasteiger partial charge in [0, 0.05) is 10.5 Å². The highest BCUT2D eigenvalue weighted by Crippen LogP contribution is 2.36. The molecule has 0 amide bonds. The van der Waals surface area contributed by atoms with Crippen molar-refractivity contribution in [3.05, 3.63) is 59.7 Å². The molecular formula is C20H13N5S. The molecule has 0 spiro atoms. The summed E-state index contributed by atoms with van der Waals surface area (Å²) in [5, 5.41) is 19.6. The van der Waals surface area contributed by atoms with Gasteiger partial charge in [-0.15, -0.1) is 11.8 Å². The minimum Gasteiger partial charge on any atom is -0.384 e. The van der Waals surface area contributed by atoms with Gasteiger partial charge in [0.25, 0.3) is 0 Å². The van der Waals surface area contributed by atoms with E-state index in [-0.39, 0.29) is 5.56 Å². The SMILES string of the molecule is CSc1ccc(-c2c(C#N)c(N)n3c(nc4ccccc43)c2C#N)cc1. The smallest absolute Gasteiger partial charge is 0.158 e. The number of benzene rings is 2. The Morgan fingerprint density at radius 3 is 2.35 bits per heavy atom. The number of fused-ring (bicyclic) bond motifs is 3. The summed E-state index contributed by atoms with van der Waals surface area (Å²) in [5.41, 5.74) is 10.3. The number of hydrogen-bond acceptors (Lipinski definition) is 5. The van der Waals surface area contributed by atoms with Crippen LogP contribution in [0.25, 0.3) is 27.8 Å². The number of hydrogen-bond donors (Lipinski definition) is 1. The number of nitrogen functional groups attached to an aromatic ring is 1. The predicted molar refractivity (Wildman–Crippen MR) is 104 cm³/mol. The highest BCUT2D eigenvalue weighted by atomic mass is 32.2. The van der Waals surface area contributed by atoms with Gasteiger partial charge in [0.1, 0.15) is 29.1 Å². The van der Waals surface area contributed by atoms with Gasteiger partial charge < -0.3 is 5.73 Å². The first-order valence-electron chi connectivity index (χ1n) is 7.87. The Morgan fingerprint density at radius 2 is 1.69 bits per heavy atom. The molecule has 0 unspecified atom stereocenters. The number of rotatable bonds is 2. The average molecular weight is 355 g/mol. The average Bonchev–Trinajstić information content (AvgIpc) is 3.07. The lowest BCUT2D eigenvalue weighted by Crippen LogP contribution is -2.05. The van der Waals surface area contributed by atoms with E-state index in [1.165, 1.54) is 0 Å². The maximum absolute atomic E-state index is 9.86. The number of nitriles is 2. The molecule has 124 valence electrons. The molecule has 2 aromatic carbocycles. The van der Waals surface area contributed by atoms with Crippen molar-refractivity contribution in [2.24, 2.45) is 0 Å². The molecule has 6 heteroatoms. The lowest BCUT2D eigenvalue weighted by molar-refractivity contribution is 1.21. The maximum Gasteiger partial charge on any atom is 0.158 e. The van der Waals surface area contributed by atoms with E-state index >= 15 is 0 Å². The van der Waals surface area contributed by atoms with Crippen LogP contribution in [0.1, 0.15) is 11.1 Å². The summed E-state index contributed by atoms with van der Waals surface area (Å²) in [6.07, 6.45) is 2.00. The first-order chi connectivity index (χ1) is 12.7. The first-order valence-corrected chi connectivity index (χ1v) is 9.09. The van der Waals surface area contributed by atoms with Crippen LogP contribution in [0, 0.1) is 22.7 Å². The fourth-order valence-corrected chi connectivity index (χ4v) is 3.59. The Kier molecular flexibility index (Phi) is 3.76. The zero-order chi connectivity index (χ0) is 18.3. The summed E-state index contributed by atoms with van der Waals surface area (Å²) < 4.78 is 1.69. The molecule has 0 aliphatic carbocycles. The van der Waals surface area contributed by atoms with E-state index < -0.39 is 0 Å². The third kappa shape index (κ3) is 2.21. The van der Waals surface area contributed by atoms with E-state index in [9.17, 15) is 10.5 Å². The Morgan fingerprint density at radius 1 is 1.00 bits per heavy atom. The Labute approximate surface area is 154 Å². The number of nitrogens with two attached hydrogens (primary N) is 1. The van der Waals surface area contributed by atoms with Crippen molar-refractivity contribution in [2.45, 2.75) is 4.90 Å². The lowest BCUT2D eigenvalue weighted by atomic mass is 9.96. The fourth-order valence-electron chi connectivity index (χ4n) is 3.18. The van der Waals surface area contributed by atoms with E-state index in [1.54, 1.807) is 16.2 Å². The molecule has 0 aliphatic heterocycles. The van der Waals surface area contributed by atoms with Crippen LogP contribution in [-0.4, -0.2) is 15.6 Å². The summed E-state index contributed by atoms with van der Waals surface area (Å²) in [4.78, 5) is 5.69. The third-order valence-electron chi connectivity index (χ3n) is 4.38. The Balaban J connectivity index is 2.17. The van der Waals surface area contributed by atoms with Crippen LogP contribution in [0.15, 0.2) is 53.4 Å². The topological polar surface area (TPSA) is 90.9 Å². The highest BCUT2D eigenvalue weighted by molar-refractivity contribution is 7.98. The van der Waals surface area contributed by atoms with Crippen LogP contribution in [-0.2, 0) is 0 Å². The molecule has 0 radical (unpaired) electrons. The monoisotopic (exact) mass is 355 g/mol. The normalized spacial score (nSPS) is 10.7. The van der Waals surface area contributed by atoms with E-state index in [4.69, 9.17) is 5.73 Å². The van der Waals surface area contributed by atoms with Crippen LogP contribution in [0.4, 0.5) is 5.82 Å². The molecule has 2 heterocycles. The van der Waals surface area contributed by atoms with E-state index in [0.717, 1.165) is 21.5 Å². The standard InChI is InChI=1S/C20H13N5S/c1-26-13-8-6-12(7-9-13)18-14(10-21)19(23)25-17-5-3-2-4-16(17)24-20(25)15(18)11-22/h2-9H,23H2,1H3. The van der Waals surface area contributed by atoms with E-state index in [0.29, 0.717) is 22.6 Å². The van der Waals surface area contributed by atoms with Gasteiger partial charge in [-0.05, 0) is 36.1 Å². The second-order valence-corrected chi connectivity index (χ2v) is 6.60. The zero-order valence-electron chi connectivity index (χ0n) is 13.9. The van der Waals surface area contributed by atoms with Crippen LogP contribution < -0.4 is 5.73 Å². The largest absolute Gasteiger partial charge is 0.384 e. The molecule has 0 atom stereocenters. The number of imidazole rings is 1. The second-order valence-electron chi connectivity index (χ2n) is 5.72. The van der Waals surface area contributed by atoms with Gasteiger partial charge in [-0.2, -0.15) is 10.5 Å². The van der Waals surface area contributed by atoms with Gasteiger partial charge in [-0.1, -0.05) is 24.3 Å². The summed E-state index contributed by atoms with van der Waals surface area (Å²) in [5.74, 6) is 0.291. The van der Waals surface area contributed by atoms with Crippen molar-refractivity contribution in [1.82, 2.24) is 9.38 Å². The van der Waals surface area contributed by atoms with Gasteiger partial charge >= 0.3 is 0 Å². The van der Waals surface area contributed by atoms with Gasteiger partial charge in [0.15, 0.2) is 5.65 Å². The van der Waals surface area contributed by atoms with Crippen molar-refractivity contribution in [2.75, 3.05) is 12.0 Å². The van der Waals surface area contributed by atoms with E-state index in [1.807, 2.05) is 54.8 Å². The molecular weight excluding hydrogens is 342 g/mol. The molecule has 0 aliphatic rings. The number of thioether (sulfide) groups is 1. The number of anilines is 1. The predicted octanol–water partition coefficient (Wildman–Crippen LogP) is 4.20. The van der Waals surface area contributed by atoms with Gasteiger partial charge in [-0.25, -0.2) is 4.98 Å². The van der Waals surface area contributed by atoms with Gasteiger partial charge in [0.2, 0.25) is 0 Å². The van der Waals surface area contributed by atoms with E-state index in [2.05, 4.69) is 17.1 Å². The molecule has 2 N–H and O–H groups in total. The first kappa shape index (κ1) is 16.0. The molecule has 4 rings (SSSR count). The molecule has 26 heavy (non-hydrogen) atoms. The van der Waals surface area contributed by atoms with Crippen molar-refractivity contribution >= 4 is 34.3 Å². The minimum atomic E-state index is 0.286. The summed E-state index contributed by atoms with van der Waals surface area (Å²) in [7, 11) is 0. The molecule has 0 bridgehead atoms. The molecule has 0 saturated heterocycles. The number of aromatic nitrogens is 2. The zero-order valence-corrected chi connectivity index (χ0v) is 14.7. The molecule has 0 saturated carbocycles. The third-order valence-corrected chi connectivity index (χ3v) is 5.13. The van der Waals surface area contributed by atoms with Crippen LogP contribution in [0.2, 0.25) is 0 Å². The lowest BCUT2D eigenvalue weighted by Gasteiger charge is -2.13. The van der Waals surface area contributed by atoms with Crippen LogP contribution in [0.5, 0.6) is 0 Å². The Hall–Kier alpha value is -3.48. The van der Waals surface area contributed by atoms with Gasteiger partial charge in [-0.3, -0.25) is 4.40 Å². The molecule has 2 aromatic heterocycles.